The molecule has 0 atom stereocenters. The number of halogens is 2. The Labute approximate surface area is 248 Å². The number of carbonyl (C=O) groups excluding carboxylic acids is 2. The van der Waals surface area contributed by atoms with Crippen molar-refractivity contribution in [2.75, 3.05) is 0 Å². The van der Waals surface area contributed by atoms with Gasteiger partial charge in [-0.15, -0.1) is 22.7 Å². The summed E-state index contributed by atoms with van der Waals surface area (Å²) in [6.45, 7) is 4.28. The standard InChI is InChI=1S/C26H26Cl2N2O4S4/c1-3-5-7-15-11-21-19(13-17(15)27)29-25(35-21)37-33-23(31)9-10-24(32)34-38-26-30-20-14-18(28)16(8-6-4-2)12-22(20)36-26/h11-14H,3-10H2,1-2H3. The second-order valence-corrected chi connectivity index (χ2v) is 13.4. The van der Waals surface area contributed by atoms with Gasteiger partial charge in [0.15, 0.2) is 8.68 Å². The number of fused-ring (bicyclic) bond motifs is 2. The molecule has 0 saturated carbocycles. The van der Waals surface area contributed by atoms with Crippen molar-refractivity contribution < 1.29 is 18.0 Å². The third-order valence-electron chi connectivity index (χ3n) is 5.62. The van der Waals surface area contributed by atoms with E-state index in [2.05, 4.69) is 35.9 Å². The summed E-state index contributed by atoms with van der Waals surface area (Å²) in [7, 11) is 0. The average Bonchev–Trinajstić information content (AvgIpc) is 3.49. The first-order valence-corrected chi connectivity index (χ1v) is 16.2. The van der Waals surface area contributed by atoms with E-state index in [1.54, 1.807) is 0 Å². The summed E-state index contributed by atoms with van der Waals surface area (Å²) in [6, 6.07) is 7.80. The van der Waals surface area contributed by atoms with E-state index in [-0.39, 0.29) is 12.8 Å². The normalized spacial score (nSPS) is 11.4. The van der Waals surface area contributed by atoms with Gasteiger partial charge in [0.2, 0.25) is 0 Å². The predicted octanol–water partition coefficient (Wildman–Crippen LogP) is 9.48. The van der Waals surface area contributed by atoms with Crippen LogP contribution in [-0.2, 0) is 30.8 Å². The molecule has 0 fully saturated rings. The minimum absolute atomic E-state index is 0.0967. The molecule has 4 rings (SSSR count). The number of nitrogens with zero attached hydrogens (tertiary/aromatic N) is 2. The van der Waals surface area contributed by atoms with Crippen molar-refractivity contribution in [3.63, 3.8) is 0 Å². The molecule has 0 saturated heterocycles. The molecule has 38 heavy (non-hydrogen) atoms. The largest absolute Gasteiger partial charge is 0.383 e. The Morgan fingerprint density at radius 3 is 1.58 bits per heavy atom. The van der Waals surface area contributed by atoms with Crippen molar-refractivity contribution in [3.05, 3.63) is 45.4 Å². The summed E-state index contributed by atoms with van der Waals surface area (Å²) in [5.74, 6) is -1.04. The number of aromatic nitrogens is 2. The lowest BCUT2D eigenvalue weighted by Crippen LogP contribution is -2.05. The molecule has 6 nitrogen and oxygen atoms in total. The van der Waals surface area contributed by atoms with E-state index in [0.717, 1.165) is 94.2 Å². The summed E-state index contributed by atoms with van der Waals surface area (Å²) in [4.78, 5) is 33.3. The Hall–Kier alpha value is -1.56. The fraction of sp³-hybridized carbons (Fsp3) is 0.385. The number of aryl methyl sites for hydroxylation is 2. The molecule has 0 unspecified atom stereocenters. The Morgan fingerprint density at radius 2 is 1.18 bits per heavy atom. The zero-order valence-electron chi connectivity index (χ0n) is 20.9. The maximum Gasteiger partial charge on any atom is 0.318 e. The van der Waals surface area contributed by atoms with Crippen LogP contribution < -0.4 is 0 Å². The number of hydrogen-bond donors (Lipinski definition) is 0. The van der Waals surface area contributed by atoms with E-state index >= 15 is 0 Å². The zero-order chi connectivity index (χ0) is 27.1. The molecule has 2 heterocycles. The Kier molecular flexibility index (Phi) is 11.0. The first-order chi connectivity index (χ1) is 18.4. The van der Waals surface area contributed by atoms with Gasteiger partial charge in [-0.2, -0.15) is 0 Å². The highest BCUT2D eigenvalue weighted by Gasteiger charge is 2.16. The Bertz CT molecular complexity index is 1330. The molecule has 0 N–H and O–H groups in total. The number of hydrogen-bond acceptors (Lipinski definition) is 10. The summed E-state index contributed by atoms with van der Waals surface area (Å²) in [6.07, 6.45) is 5.97. The molecule has 0 aliphatic rings. The third-order valence-corrected chi connectivity index (χ3v) is 9.86. The highest BCUT2D eigenvalue weighted by molar-refractivity contribution is 7.97. The quantitative estimate of drug-likeness (QED) is 0.135. The average molecular weight is 630 g/mol. The fourth-order valence-electron chi connectivity index (χ4n) is 3.58. The van der Waals surface area contributed by atoms with Crippen LogP contribution >= 0.6 is 70.0 Å². The van der Waals surface area contributed by atoms with Crippen molar-refractivity contribution in [3.8, 4) is 0 Å². The van der Waals surface area contributed by atoms with E-state index in [1.807, 2.05) is 12.1 Å². The van der Waals surface area contributed by atoms with Crippen LogP contribution in [0.1, 0.15) is 63.5 Å². The molecule has 0 spiro atoms. The van der Waals surface area contributed by atoms with E-state index < -0.39 is 11.9 Å². The highest BCUT2D eigenvalue weighted by Crippen LogP contribution is 2.35. The smallest absolute Gasteiger partial charge is 0.318 e. The van der Waals surface area contributed by atoms with E-state index in [0.29, 0.717) is 18.7 Å². The van der Waals surface area contributed by atoms with Crippen LogP contribution in [0.3, 0.4) is 0 Å². The summed E-state index contributed by atoms with van der Waals surface area (Å²) >= 11 is 17.4. The van der Waals surface area contributed by atoms with Crippen LogP contribution in [0.25, 0.3) is 20.4 Å². The first-order valence-electron chi connectivity index (χ1n) is 12.3. The molecule has 2 aromatic heterocycles. The number of benzene rings is 2. The first kappa shape index (κ1) is 29.4. The van der Waals surface area contributed by atoms with Crippen molar-refractivity contribution in [1.82, 2.24) is 9.97 Å². The van der Waals surface area contributed by atoms with E-state index in [1.165, 1.54) is 22.7 Å². The van der Waals surface area contributed by atoms with Gasteiger partial charge in [-0.25, -0.2) is 9.97 Å². The molecule has 202 valence electrons. The van der Waals surface area contributed by atoms with Crippen LogP contribution in [0, 0.1) is 0 Å². The number of carbonyl (C=O) groups is 2. The lowest BCUT2D eigenvalue weighted by Gasteiger charge is -2.02. The number of rotatable bonds is 13. The molecule has 0 amide bonds. The second kappa shape index (κ2) is 14.2. The van der Waals surface area contributed by atoms with Gasteiger partial charge in [-0.05, 0) is 61.1 Å². The minimum Gasteiger partial charge on any atom is -0.383 e. The minimum atomic E-state index is -0.521. The van der Waals surface area contributed by atoms with Gasteiger partial charge < -0.3 is 8.37 Å². The van der Waals surface area contributed by atoms with Crippen molar-refractivity contribution in [2.45, 2.75) is 73.9 Å². The lowest BCUT2D eigenvalue weighted by molar-refractivity contribution is -0.139. The van der Waals surface area contributed by atoms with Crippen molar-refractivity contribution in [1.29, 1.82) is 0 Å². The van der Waals surface area contributed by atoms with Crippen molar-refractivity contribution >= 4 is 102 Å². The molecule has 0 bridgehead atoms. The van der Waals surface area contributed by atoms with Crippen molar-refractivity contribution in [2.24, 2.45) is 0 Å². The van der Waals surface area contributed by atoms with Gasteiger partial charge in [-0.1, -0.05) is 49.9 Å². The second-order valence-electron chi connectivity index (χ2n) is 8.57. The van der Waals surface area contributed by atoms with Gasteiger partial charge in [0.1, 0.15) is 24.1 Å². The van der Waals surface area contributed by atoms with E-state index in [9.17, 15) is 9.59 Å². The van der Waals surface area contributed by atoms with Gasteiger partial charge in [0.25, 0.3) is 0 Å². The van der Waals surface area contributed by atoms with Gasteiger partial charge >= 0.3 is 11.9 Å². The molecule has 2 aromatic carbocycles. The van der Waals surface area contributed by atoms with Gasteiger partial charge in [0.05, 0.1) is 33.3 Å². The predicted molar refractivity (Wildman–Crippen MR) is 160 cm³/mol. The molecule has 0 aliphatic carbocycles. The lowest BCUT2D eigenvalue weighted by atomic mass is 10.1. The van der Waals surface area contributed by atoms with Gasteiger partial charge in [-0.3, -0.25) is 9.59 Å². The molecule has 0 aliphatic heterocycles. The summed E-state index contributed by atoms with van der Waals surface area (Å²) < 4.78 is 13.7. The van der Waals surface area contributed by atoms with Crippen LogP contribution in [0.4, 0.5) is 0 Å². The third kappa shape index (κ3) is 7.99. The van der Waals surface area contributed by atoms with Crippen LogP contribution in [-0.4, -0.2) is 21.9 Å². The summed E-state index contributed by atoms with van der Waals surface area (Å²) in [5, 5.41) is 1.40. The van der Waals surface area contributed by atoms with Crippen LogP contribution in [0.15, 0.2) is 32.9 Å². The maximum absolute atomic E-state index is 12.2. The molecular weight excluding hydrogens is 603 g/mol. The highest BCUT2D eigenvalue weighted by atomic mass is 35.5. The molecular formula is C26H26Cl2N2O4S4. The fourth-order valence-corrected chi connectivity index (χ4v) is 7.35. The Balaban J connectivity index is 1.23. The van der Waals surface area contributed by atoms with Crippen LogP contribution in [0.2, 0.25) is 10.0 Å². The number of thiazole rings is 2. The topological polar surface area (TPSA) is 78.4 Å². The maximum atomic E-state index is 12.2. The summed E-state index contributed by atoms with van der Waals surface area (Å²) in [5.41, 5.74) is 3.74. The van der Waals surface area contributed by atoms with Gasteiger partial charge in [0, 0.05) is 10.0 Å². The SMILES string of the molecule is CCCCc1cc2sc(SOC(=O)CCC(=O)OSc3nc4cc(Cl)c(CCCC)cc4s3)nc2cc1Cl. The Morgan fingerprint density at radius 1 is 0.763 bits per heavy atom. The zero-order valence-corrected chi connectivity index (χ0v) is 25.7. The van der Waals surface area contributed by atoms with Crippen LogP contribution in [0.5, 0.6) is 0 Å². The molecule has 4 aromatic rings. The van der Waals surface area contributed by atoms with E-state index in [4.69, 9.17) is 31.6 Å². The molecule has 0 radical (unpaired) electrons. The monoisotopic (exact) mass is 628 g/mol. The molecule has 12 heteroatoms. The number of unbranched alkanes of at least 4 members (excludes halogenated alkanes) is 2.